The molecule has 1 aromatic heterocycles. The second-order valence-electron chi connectivity index (χ2n) is 8.98. The number of aromatic nitrogens is 2. The Kier molecular flexibility index (Phi) is 8.36. The molecule has 196 valence electrons. The molecule has 1 aliphatic rings. The van der Waals surface area contributed by atoms with Gasteiger partial charge < -0.3 is 0 Å². The Morgan fingerprint density at radius 1 is 1.19 bits per heavy atom. The van der Waals surface area contributed by atoms with Crippen LogP contribution < -0.4 is 14.5 Å². The zero-order valence-corrected chi connectivity index (χ0v) is 23.3. The summed E-state index contributed by atoms with van der Waals surface area (Å²) in [6.07, 6.45) is 6.51. The summed E-state index contributed by atoms with van der Waals surface area (Å²) in [6.45, 7) is 1.22. The van der Waals surface area contributed by atoms with Crippen molar-refractivity contribution >= 4 is 47.4 Å². The number of aromatic hydroxyl groups is 1. The Bertz CT molecular complexity index is 1410. The molecule has 37 heavy (non-hydrogen) atoms. The molecule has 1 aliphatic carbocycles. The molecule has 0 spiro atoms. The summed E-state index contributed by atoms with van der Waals surface area (Å²) >= 11 is -3.86. The van der Waals surface area contributed by atoms with E-state index in [4.69, 9.17) is 8.72 Å². The number of phenols is 1. The van der Waals surface area contributed by atoms with Gasteiger partial charge in [-0.25, -0.2) is 0 Å². The van der Waals surface area contributed by atoms with Crippen molar-refractivity contribution in [2.75, 3.05) is 5.32 Å². The van der Waals surface area contributed by atoms with Gasteiger partial charge in [0.05, 0.1) is 0 Å². The van der Waals surface area contributed by atoms with Crippen molar-refractivity contribution in [3.63, 3.8) is 0 Å². The number of carbonyl (C=O) groups is 2. The first kappa shape index (κ1) is 26.9. The van der Waals surface area contributed by atoms with Crippen molar-refractivity contribution in [3.05, 3.63) is 63.4 Å². The fraction of sp³-hybridized carbons (Fsp3) is 0.360. The van der Waals surface area contributed by atoms with Gasteiger partial charge >= 0.3 is 189 Å². The fourth-order valence-electron chi connectivity index (χ4n) is 4.16. The van der Waals surface area contributed by atoms with Crippen LogP contribution >= 0.6 is 11.3 Å². The molecule has 3 N–H and O–H groups in total. The normalized spacial score (nSPS) is 16.2. The molecule has 0 aliphatic heterocycles. The third-order valence-corrected chi connectivity index (χ3v) is 9.94. The maximum atomic E-state index is 12.9. The fourth-order valence-corrected chi connectivity index (χ4v) is 7.49. The predicted octanol–water partition coefficient (Wildman–Crippen LogP) is 2.40. The Balaban J connectivity index is 1.45. The Hall–Kier alpha value is -3.14. The first-order chi connectivity index (χ1) is 17.6. The molecule has 12 heteroatoms. The SMILES string of the molecule is CC(=O)Nc1cc(O)ccc1[As](=O)(O)OC(=O)c1ccc(Cc2nn(C)c(=NC3CCCCC3)s2)cc1. The first-order valence-electron chi connectivity index (χ1n) is 11.9. The van der Waals surface area contributed by atoms with E-state index in [9.17, 15) is 22.5 Å². The summed E-state index contributed by atoms with van der Waals surface area (Å²) in [6, 6.07) is 10.4. The van der Waals surface area contributed by atoms with Gasteiger partial charge in [0, 0.05) is 0 Å². The molecule has 0 radical (unpaired) electrons. The van der Waals surface area contributed by atoms with Crippen LogP contribution in [-0.4, -0.2) is 51.1 Å². The van der Waals surface area contributed by atoms with Gasteiger partial charge in [0.2, 0.25) is 0 Å². The van der Waals surface area contributed by atoms with Crippen molar-refractivity contribution in [2.45, 2.75) is 51.5 Å². The van der Waals surface area contributed by atoms with E-state index in [0.29, 0.717) is 12.5 Å². The first-order valence-corrected chi connectivity index (χ1v) is 16.1. The summed E-state index contributed by atoms with van der Waals surface area (Å²) in [5.74, 6) is -1.69. The number of phenolic OH excluding ortho intramolecular Hbond substituents is 1. The van der Waals surface area contributed by atoms with Gasteiger partial charge in [-0.1, -0.05) is 19.3 Å². The van der Waals surface area contributed by atoms with Gasteiger partial charge in [-0.05, 0) is 12.8 Å². The van der Waals surface area contributed by atoms with Crippen molar-refractivity contribution in [3.8, 4) is 5.75 Å². The second kappa shape index (κ2) is 11.5. The molecule has 1 unspecified atom stereocenters. The molecule has 2 aromatic carbocycles. The topological polar surface area (TPSA) is 143 Å². The number of anilines is 1. The van der Waals surface area contributed by atoms with E-state index >= 15 is 0 Å². The maximum absolute atomic E-state index is 12.9. The van der Waals surface area contributed by atoms with E-state index in [1.807, 2.05) is 7.05 Å². The van der Waals surface area contributed by atoms with Crippen molar-refractivity contribution < 1.29 is 26.3 Å². The summed E-state index contributed by atoms with van der Waals surface area (Å²) in [5.41, 5.74) is 0.933. The van der Waals surface area contributed by atoms with Crippen LogP contribution in [-0.2, 0) is 25.7 Å². The van der Waals surface area contributed by atoms with Gasteiger partial charge in [0.1, 0.15) is 0 Å². The number of aryl methyl sites for hydroxylation is 1. The molecule has 1 amide bonds. The summed E-state index contributed by atoms with van der Waals surface area (Å²) < 4.78 is 30.0. The van der Waals surface area contributed by atoms with Crippen LogP contribution in [0, 0.1) is 0 Å². The van der Waals surface area contributed by atoms with E-state index in [0.717, 1.165) is 40.3 Å². The number of benzene rings is 2. The predicted molar refractivity (Wildman–Crippen MR) is 139 cm³/mol. The number of amides is 1. The van der Waals surface area contributed by atoms with Crippen LogP contribution in [0.5, 0.6) is 5.75 Å². The van der Waals surface area contributed by atoms with E-state index < -0.39 is 26.0 Å². The van der Waals surface area contributed by atoms with Gasteiger partial charge in [-0.3, -0.25) is 0 Å². The number of rotatable bonds is 7. The third kappa shape index (κ3) is 7.00. The molecule has 0 saturated heterocycles. The van der Waals surface area contributed by atoms with Crippen molar-refractivity contribution in [2.24, 2.45) is 12.0 Å². The molecular weight excluding hydrogens is 559 g/mol. The number of carbonyl (C=O) groups excluding carboxylic acids is 2. The van der Waals surface area contributed by atoms with Crippen LogP contribution in [0.15, 0.2) is 47.5 Å². The molecule has 3 aromatic rings. The summed E-state index contributed by atoms with van der Waals surface area (Å²) in [4.78, 5) is 29.9. The molecule has 1 fully saturated rings. The van der Waals surface area contributed by atoms with E-state index in [2.05, 4.69) is 10.4 Å². The zero-order valence-electron chi connectivity index (χ0n) is 20.6. The van der Waals surface area contributed by atoms with Crippen LogP contribution in [0.2, 0.25) is 0 Å². The van der Waals surface area contributed by atoms with Crippen LogP contribution in [0.25, 0.3) is 0 Å². The number of hydrogen-bond acceptors (Lipinski definition) is 8. The van der Waals surface area contributed by atoms with Crippen LogP contribution in [0.4, 0.5) is 5.69 Å². The monoisotopic (exact) mass is 588 g/mol. The molecule has 0 bridgehead atoms. The number of hydrogen-bond donors (Lipinski definition) is 3. The second-order valence-corrected chi connectivity index (χ2v) is 13.6. The van der Waals surface area contributed by atoms with Crippen LogP contribution in [0.3, 0.4) is 0 Å². The zero-order chi connectivity index (χ0) is 26.6. The third-order valence-electron chi connectivity index (χ3n) is 5.96. The van der Waals surface area contributed by atoms with Gasteiger partial charge in [0.15, 0.2) is 0 Å². The Morgan fingerprint density at radius 3 is 2.57 bits per heavy atom. The van der Waals surface area contributed by atoms with Gasteiger partial charge in [-0.15, -0.1) is 0 Å². The average molecular weight is 589 g/mol. The molecule has 4 rings (SSSR count). The standard InChI is InChI=1S/C25H29AsN4O6S/c1-16(31)27-22-15-20(32)12-13-21(22)26(34,35)36-24(33)18-10-8-17(9-11-18)14-23-29-30(2)25(37-23)28-19-6-4-3-5-7-19/h8-13,15,19,32H,3-7,14H2,1-2H3,(H,27,31)(H,34,35). The van der Waals surface area contributed by atoms with E-state index in [-0.39, 0.29) is 21.4 Å². The van der Waals surface area contributed by atoms with Gasteiger partial charge in [0.25, 0.3) is 0 Å². The molecule has 1 heterocycles. The van der Waals surface area contributed by atoms with E-state index in [1.54, 1.807) is 28.2 Å². The minimum absolute atomic E-state index is 0.0909. The summed E-state index contributed by atoms with van der Waals surface area (Å²) in [5, 5.41) is 17.5. The average Bonchev–Trinajstić information content (AvgIpc) is 3.17. The van der Waals surface area contributed by atoms with E-state index in [1.165, 1.54) is 44.4 Å². The Labute approximate surface area is 221 Å². The molecular formula is C25H29AsN4O6S. The van der Waals surface area contributed by atoms with Crippen LogP contribution in [0.1, 0.15) is 60.0 Å². The molecule has 10 nitrogen and oxygen atoms in total. The van der Waals surface area contributed by atoms with Crippen molar-refractivity contribution in [1.29, 1.82) is 0 Å². The summed E-state index contributed by atoms with van der Waals surface area (Å²) in [7, 11) is 1.89. The number of nitrogens with zero attached hydrogens (tertiary/aromatic N) is 3. The van der Waals surface area contributed by atoms with Crippen molar-refractivity contribution in [1.82, 2.24) is 9.78 Å². The Morgan fingerprint density at radius 2 is 1.89 bits per heavy atom. The minimum atomic E-state index is -5.41. The molecule has 1 saturated carbocycles. The molecule has 1 atom stereocenters. The quantitative estimate of drug-likeness (QED) is 0.360. The number of nitrogens with one attached hydrogen (secondary N) is 1. The van der Waals surface area contributed by atoms with Gasteiger partial charge in [-0.2, -0.15) is 0 Å².